The zero-order chi connectivity index (χ0) is 14.7. The Labute approximate surface area is 130 Å². The van der Waals surface area contributed by atoms with Crippen molar-refractivity contribution in [2.45, 2.75) is 17.3 Å². The van der Waals surface area contributed by atoms with Gasteiger partial charge in [0.05, 0.1) is 0 Å². The molecule has 0 saturated carbocycles. The molecule has 2 aromatic rings. The number of hydrogen-bond acceptors (Lipinski definition) is 3. The first kappa shape index (κ1) is 14.0. The Bertz CT molecular complexity index is 651. The molecule has 4 heteroatoms. The van der Waals surface area contributed by atoms with Gasteiger partial charge in [-0.25, -0.2) is 0 Å². The van der Waals surface area contributed by atoms with E-state index >= 15 is 0 Å². The average molecular weight is 344 g/mol. The van der Waals surface area contributed by atoms with Crippen molar-refractivity contribution in [3.8, 4) is 16.5 Å². The van der Waals surface area contributed by atoms with Crippen molar-refractivity contribution in [3.05, 3.63) is 59.7 Å². The van der Waals surface area contributed by atoms with E-state index in [-0.39, 0.29) is 15.0 Å². The van der Waals surface area contributed by atoms with Gasteiger partial charge in [-0.1, -0.05) is 0 Å². The van der Waals surface area contributed by atoms with Gasteiger partial charge in [-0.15, -0.1) is 0 Å². The molecule has 1 atom stereocenters. The number of methoxy groups -OCH3 is 1. The normalized spacial score (nSPS) is 19.4. The van der Waals surface area contributed by atoms with E-state index in [0.29, 0.717) is 0 Å². The summed E-state index contributed by atoms with van der Waals surface area (Å²) in [5, 5.41) is 9.74. The Hall–Kier alpha value is -1.95. The molecule has 0 saturated heterocycles. The number of rotatable bonds is 4. The van der Waals surface area contributed by atoms with Crippen molar-refractivity contribution in [2.24, 2.45) is 0 Å². The maximum absolute atomic E-state index is 8.99. The average Bonchev–Trinajstić information content (AvgIpc) is 2.93. The van der Waals surface area contributed by atoms with E-state index in [1.54, 1.807) is 7.11 Å². The second-order valence-corrected chi connectivity index (χ2v) is 6.58. The van der Waals surface area contributed by atoms with Crippen molar-refractivity contribution >= 4 is 15.0 Å². The van der Waals surface area contributed by atoms with Crippen LogP contribution < -0.4 is 9.47 Å². The van der Waals surface area contributed by atoms with Gasteiger partial charge in [-0.3, -0.25) is 0 Å². The molecule has 0 N–H and O–H groups in total. The van der Waals surface area contributed by atoms with E-state index in [4.69, 9.17) is 14.7 Å². The Morgan fingerprint density at radius 3 is 2.67 bits per heavy atom. The molecule has 2 aromatic carbocycles. The standard InChI is InChI=1S/C17H15NO2Se/c1-19-15-8-6-14(7-9-15)17(11-21-12-18)10-13-4-2-3-5-16(13)20-17/h2-9H,10-11H2,1H3/t17-/m1/s1. The predicted octanol–water partition coefficient (Wildman–Crippen LogP) is 3.13. The summed E-state index contributed by atoms with van der Waals surface area (Å²) in [6.45, 7) is 0. The van der Waals surface area contributed by atoms with Crippen molar-refractivity contribution in [1.82, 2.24) is 0 Å². The molecule has 21 heavy (non-hydrogen) atoms. The van der Waals surface area contributed by atoms with Gasteiger partial charge in [0, 0.05) is 0 Å². The van der Waals surface area contributed by atoms with Crippen molar-refractivity contribution < 1.29 is 9.47 Å². The molecule has 0 bridgehead atoms. The van der Waals surface area contributed by atoms with E-state index in [1.807, 2.05) is 42.5 Å². The third-order valence-corrected chi connectivity index (χ3v) is 5.29. The van der Waals surface area contributed by atoms with Crippen LogP contribution in [0.3, 0.4) is 0 Å². The van der Waals surface area contributed by atoms with E-state index in [2.05, 4.69) is 11.0 Å². The molecule has 3 rings (SSSR count). The number of benzene rings is 2. The van der Waals surface area contributed by atoms with Crippen LogP contribution in [0.4, 0.5) is 0 Å². The van der Waals surface area contributed by atoms with Crippen LogP contribution in [0.2, 0.25) is 5.32 Å². The van der Waals surface area contributed by atoms with E-state index in [9.17, 15) is 0 Å². The summed E-state index contributed by atoms with van der Waals surface area (Å²) in [5.74, 6) is 1.76. The Morgan fingerprint density at radius 1 is 1.24 bits per heavy atom. The fourth-order valence-electron chi connectivity index (χ4n) is 2.67. The molecule has 1 aliphatic rings. The SMILES string of the molecule is COc1ccc([C@]2(C[Se]C#N)Cc3ccccc3O2)cc1. The minimum absolute atomic E-state index is 0.0953. The Morgan fingerprint density at radius 2 is 2.00 bits per heavy atom. The predicted molar refractivity (Wildman–Crippen MR) is 81.6 cm³/mol. The minimum atomic E-state index is -0.411. The summed E-state index contributed by atoms with van der Waals surface area (Å²) in [6.07, 6.45) is 0.818. The van der Waals surface area contributed by atoms with Crippen LogP contribution in [0.5, 0.6) is 11.5 Å². The first-order valence-corrected chi connectivity index (χ1v) is 8.76. The molecule has 0 amide bonds. The molecule has 0 aliphatic carbocycles. The summed E-state index contributed by atoms with van der Waals surface area (Å²) in [7, 11) is 1.66. The van der Waals surface area contributed by atoms with Crippen LogP contribution in [0.15, 0.2) is 48.5 Å². The molecular weight excluding hydrogens is 329 g/mol. The number of para-hydroxylation sites is 1. The summed E-state index contributed by atoms with van der Waals surface area (Å²) in [6, 6.07) is 16.1. The molecule has 3 nitrogen and oxygen atoms in total. The number of nitrogens with zero attached hydrogens (tertiary/aromatic N) is 1. The molecule has 0 unspecified atom stereocenters. The molecular formula is C17H15NO2Se. The van der Waals surface area contributed by atoms with Crippen molar-refractivity contribution in [2.75, 3.05) is 7.11 Å². The maximum atomic E-state index is 8.99. The quantitative estimate of drug-likeness (QED) is 0.801. The molecule has 0 spiro atoms. The molecule has 106 valence electrons. The molecule has 0 radical (unpaired) electrons. The first-order chi connectivity index (χ1) is 10.3. The third-order valence-electron chi connectivity index (χ3n) is 3.74. The van der Waals surface area contributed by atoms with Crippen LogP contribution in [-0.4, -0.2) is 22.1 Å². The zero-order valence-electron chi connectivity index (χ0n) is 11.7. The zero-order valence-corrected chi connectivity index (χ0v) is 13.4. The number of fused-ring (bicyclic) bond motifs is 1. The summed E-state index contributed by atoms with van der Waals surface area (Å²) >= 11 is -0.0953. The van der Waals surface area contributed by atoms with E-state index in [0.717, 1.165) is 28.8 Å². The number of hydrogen-bond donors (Lipinski definition) is 0. The Balaban J connectivity index is 1.97. The van der Waals surface area contributed by atoms with Gasteiger partial charge in [-0.05, 0) is 0 Å². The monoisotopic (exact) mass is 345 g/mol. The van der Waals surface area contributed by atoms with Crippen LogP contribution in [0.25, 0.3) is 0 Å². The van der Waals surface area contributed by atoms with Crippen molar-refractivity contribution in [1.29, 1.82) is 5.26 Å². The summed E-state index contributed by atoms with van der Waals surface area (Å²) in [4.78, 5) is 2.30. The van der Waals surface area contributed by atoms with Gasteiger partial charge in [0.2, 0.25) is 0 Å². The second kappa shape index (κ2) is 5.81. The van der Waals surface area contributed by atoms with Crippen LogP contribution >= 0.6 is 0 Å². The number of ether oxygens (including phenoxy) is 2. The Kier molecular flexibility index (Phi) is 3.88. The van der Waals surface area contributed by atoms with Crippen LogP contribution in [0, 0.1) is 10.2 Å². The molecule has 0 fully saturated rings. The van der Waals surface area contributed by atoms with Gasteiger partial charge < -0.3 is 0 Å². The molecule has 1 heterocycles. The van der Waals surface area contributed by atoms with E-state index < -0.39 is 5.60 Å². The van der Waals surface area contributed by atoms with Crippen molar-refractivity contribution in [3.63, 3.8) is 0 Å². The first-order valence-electron chi connectivity index (χ1n) is 6.70. The fourth-order valence-corrected chi connectivity index (χ4v) is 3.98. The number of nitriles is 1. The second-order valence-electron chi connectivity index (χ2n) is 4.99. The third kappa shape index (κ3) is 2.63. The van der Waals surface area contributed by atoms with Crippen LogP contribution in [0.1, 0.15) is 11.1 Å². The van der Waals surface area contributed by atoms with Crippen LogP contribution in [-0.2, 0) is 12.0 Å². The van der Waals surface area contributed by atoms with Gasteiger partial charge in [-0.2, -0.15) is 0 Å². The summed E-state index contributed by atoms with van der Waals surface area (Å²) in [5.41, 5.74) is 1.91. The van der Waals surface area contributed by atoms with Gasteiger partial charge in [0.1, 0.15) is 0 Å². The fraction of sp³-hybridized carbons (Fsp3) is 0.235. The van der Waals surface area contributed by atoms with Gasteiger partial charge in [0.15, 0.2) is 0 Å². The van der Waals surface area contributed by atoms with Gasteiger partial charge >= 0.3 is 130 Å². The summed E-state index contributed by atoms with van der Waals surface area (Å²) < 4.78 is 11.5. The van der Waals surface area contributed by atoms with E-state index in [1.165, 1.54) is 5.56 Å². The topological polar surface area (TPSA) is 42.2 Å². The van der Waals surface area contributed by atoms with Gasteiger partial charge in [0.25, 0.3) is 0 Å². The molecule has 1 aliphatic heterocycles. The molecule has 0 aromatic heterocycles.